The van der Waals surface area contributed by atoms with Crippen LogP contribution in [0.5, 0.6) is 5.75 Å². The van der Waals surface area contributed by atoms with Gasteiger partial charge in [-0.15, -0.1) is 0 Å². The van der Waals surface area contributed by atoms with Gasteiger partial charge in [0.15, 0.2) is 0 Å². The Bertz CT molecular complexity index is 691. The number of carboxylic acid groups (broad SMARTS) is 1. The monoisotopic (exact) mass is 390 g/mol. The van der Waals surface area contributed by atoms with Crippen LogP contribution in [-0.4, -0.2) is 73.7 Å². The zero-order valence-electron chi connectivity index (χ0n) is 16.6. The van der Waals surface area contributed by atoms with E-state index < -0.39 is 6.09 Å². The average Bonchev–Trinajstić information content (AvgIpc) is 3.14. The van der Waals surface area contributed by atoms with Crippen LogP contribution in [0.4, 0.5) is 4.79 Å². The second-order valence-corrected chi connectivity index (χ2v) is 7.47. The highest BCUT2D eigenvalue weighted by Crippen LogP contribution is 2.34. The zero-order valence-corrected chi connectivity index (χ0v) is 16.6. The number of hydrogen-bond acceptors (Lipinski definition) is 6. The molecule has 154 valence electrons. The molecule has 2 aliphatic rings. The van der Waals surface area contributed by atoms with Crippen molar-refractivity contribution in [2.24, 2.45) is 5.92 Å². The standard InChI is InChI=1S/C20H30N4O4/c1-21-18(13-24(9-10-25)20(26)27)14-5-7-23(8-6-14)19-17-11-16(28-2)4-3-15(17)12-22-19/h3-4,10-11,14,18-19,21-22H,5-9,12-13H2,1-2H3,(H,26,27). The minimum atomic E-state index is -1.05. The average molecular weight is 390 g/mol. The maximum atomic E-state index is 11.3. The van der Waals surface area contributed by atoms with Crippen LogP contribution in [0.25, 0.3) is 0 Å². The van der Waals surface area contributed by atoms with Crippen LogP contribution in [0.15, 0.2) is 18.2 Å². The van der Waals surface area contributed by atoms with E-state index >= 15 is 0 Å². The molecule has 1 saturated heterocycles. The molecule has 0 aliphatic carbocycles. The quantitative estimate of drug-likeness (QED) is 0.576. The van der Waals surface area contributed by atoms with Gasteiger partial charge in [-0.05, 0) is 49.1 Å². The Morgan fingerprint density at radius 1 is 1.46 bits per heavy atom. The molecule has 0 aromatic heterocycles. The van der Waals surface area contributed by atoms with Gasteiger partial charge in [-0.25, -0.2) is 4.79 Å². The van der Waals surface area contributed by atoms with Crippen LogP contribution in [0.3, 0.4) is 0 Å². The van der Waals surface area contributed by atoms with E-state index in [1.807, 2.05) is 13.1 Å². The number of nitrogens with one attached hydrogen (secondary N) is 2. The normalized spacial score (nSPS) is 21.1. The lowest BCUT2D eigenvalue weighted by atomic mass is 9.88. The van der Waals surface area contributed by atoms with Gasteiger partial charge >= 0.3 is 6.09 Å². The smallest absolute Gasteiger partial charge is 0.407 e. The molecule has 28 heavy (non-hydrogen) atoms. The molecular formula is C20H30N4O4. The highest BCUT2D eigenvalue weighted by Gasteiger charge is 2.33. The summed E-state index contributed by atoms with van der Waals surface area (Å²) in [6, 6.07) is 6.28. The Hall–Kier alpha value is -2.16. The molecule has 0 radical (unpaired) electrons. The van der Waals surface area contributed by atoms with Gasteiger partial charge in [-0.2, -0.15) is 0 Å². The number of methoxy groups -OCH3 is 1. The van der Waals surface area contributed by atoms with Gasteiger partial charge in [0.1, 0.15) is 12.0 Å². The largest absolute Gasteiger partial charge is 0.497 e. The van der Waals surface area contributed by atoms with Crippen LogP contribution in [0.2, 0.25) is 0 Å². The number of benzene rings is 1. The van der Waals surface area contributed by atoms with Crippen LogP contribution >= 0.6 is 0 Å². The minimum absolute atomic E-state index is 0.0436. The fraction of sp³-hybridized carbons (Fsp3) is 0.600. The molecule has 2 atom stereocenters. The van der Waals surface area contributed by atoms with Crippen LogP contribution in [0.1, 0.15) is 30.1 Å². The number of likely N-dealkylation sites (N-methyl/N-ethyl adjacent to an activating group) is 1. The summed E-state index contributed by atoms with van der Waals surface area (Å²) in [5.74, 6) is 1.25. The number of carbonyl (C=O) groups excluding carboxylic acids is 1. The number of ether oxygens (including phenoxy) is 1. The first kappa shape index (κ1) is 20.6. The third kappa shape index (κ3) is 4.45. The fourth-order valence-electron chi connectivity index (χ4n) is 4.37. The lowest BCUT2D eigenvalue weighted by molar-refractivity contribution is -0.108. The molecule has 1 aromatic rings. The van der Waals surface area contributed by atoms with E-state index in [2.05, 4.69) is 27.7 Å². The summed E-state index contributed by atoms with van der Waals surface area (Å²) in [7, 11) is 3.55. The summed E-state index contributed by atoms with van der Waals surface area (Å²) in [5.41, 5.74) is 2.60. The van der Waals surface area contributed by atoms with E-state index in [1.54, 1.807) is 7.11 Å². The van der Waals surface area contributed by atoms with Crippen molar-refractivity contribution in [3.05, 3.63) is 29.3 Å². The first-order valence-electron chi connectivity index (χ1n) is 9.80. The second kappa shape index (κ2) is 9.36. The first-order chi connectivity index (χ1) is 13.6. The maximum Gasteiger partial charge on any atom is 0.407 e. The van der Waals surface area contributed by atoms with Gasteiger partial charge in [0, 0.05) is 32.2 Å². The fourth-order valence-corrected chi connectivity index (χ4v) is 4.37. The second-order valence-electron chi connectivity index (χ2n) is 7.47. The van der Waals surface area contributed by atoms with Crippen molar-refractivity contribution in [1.82, 2.24) is 20.4 Å². The molecule has 0 saturated carbocycles. The Morgan fingerprint density at radius 3 is 2.82 bits per heavy atom. The Labute approximate surface area is 165 Å². The SMILES string of the molecule is CNC(CN(CC=O)C(=O)O)C1CCN(C2NCc3ccc(OC)cc32)CC1. The van der Waals surface area contributed by atoms with Crippen LogP contribution < -0.4 is 15.4 Å². The van der Waals surface area contributed by atoms with E-state index in [1.165, 1.54) is 16.0 Å². The topological polar surface area (TPSA) is 94.1 Å². The van der Waals surface area contributed by atoms with E-state index in [4.69, 9.17) is 4.74 Å². The van der Waals surface area contributed by atoms with Gasteiger partial charge in [-0.3, -0.25) is 15.1 Å². The van der Waals surface area contributed by atoms with E-state index in [0.717, 1.165) is 38.2 Å². The predicted molar refractivity (Wildman–Crippen MR) is 105 cm³/mol. The molecular weight excluding hydrogens is 360 g/mol. The van der Waals surface area contributed by atoms with E-state index in [0.29, 0.717) is 18.7 Å². The van der Waals surface area contributed by atoms with Crippen molar-refractivity contribution >= 4 is 12.4 Å². The molecule has 3 rings (SSSR count). The molecule has 2 heterocycles. The Balaban J connectivity index is 1.60. The summed E-state index contributed by atoms with van der Waals surface area (Å²) < 4.78 is 5.38. The summed E-state index contributed by atoms with van der Waals surface area (Å²) in [5, 5.41) is 16.1. The van der Waals surface area contributed by atoms with Gasteiger partial charge in [-0.1, -0.05) is 6.07 Å². The molecule has 2 unspecified atom stereocenters. The number of carbonyl (C=O) groups is 2. The van der Waals surface area contributed by atoms with Crippen molar-refractivity contribution in [3.63, 3.8) is 0 Å². The highest BCUT2D eigenvalue weighted by atomic mass is 16.5. The van der Waals surface area contributed by atoms with Crippen LogP contribution in [0, 0.1) is 5.92 Å². The van der Waals surface area contributed by atoms with Gasteiger partial charge in [0.25, 0.3) is 0 Å². The minimum Gasteiger partial charge on any atom is -0.497 e. The molecule has 0 spiro atoms. The summed E-state index contributed by atoms with van der Waals surface area (Å²) in [4.78, 5) is 25.7. The Morgan fingerprint density at radius 2 is 2.21 bits per heavy atom. The number of piperidine rings is 1. The first-order valence-corrected chi connectivity index (χ1v) is 9.80. The number of nitrogens with zero attached hydrogens (tertiary/aromatic N) is 2. The van der Waals surface area contributed by atoms with Crippen molar-refractivity contribution < 1.29 is 19.4 Å². The number of rotatable bonds is 8. The summed E-state index contributed by atoms with van der Waals surface area (Å²) in [6.45, 7) is 2.99. The number of aldehydes is 1. The van der Waals surface area contributed by atoms with Crippen molar-refractivity contribution in [1.29, 1.82) is 0 Å². The van der Waals surface area contributed by atoms with Crippen molar-refractivity contribution in [2.75, 3.05) is 40.3 Å². The van der Waals surface area contributed by atoms with Crippen molar-refractivity contribution in [3.8, 4) is 5.75 Å². The molecule has 0 bridgehead atoms. The third-order valence-corrected chi connectivity index (χ3v) is 6.00. The van der Waals surface area contributed by atoms with Crippen LogP contribution in [-0.2, 0) is 11.3 Å². The number of likely N-dealkylation sites (tertiary alicyclic amines) is 1. The number of hydrogen-bond donors (Lipinski definition) is 3. The van der Waals surface area contributed by atoms with Crippen molar-refractivity contribution in [2.45, 2.75) is 31.6 Å². The molecule has 1 aromatic carbocycles. The highest BCUT2D eigenvalue weighted by molar-refractivity contribution is 5.69. The molecule has 1 amide bonds. The van der Waals surface area contributed by atoms with Gasteiger partial charge < -0.3 is 20.0 Å². The lowest BCUT2D eigenvalue weighted by Gasteiger charge is -2.40. The molecule has 8 heteroatoms. The third-order valence-electron chi connectivity index (χ3n) is 6.00. The zero-order chi connectivity index (χ0) is 20.1. The Kier molecular flexibility index (Phi) is 6.88. The van der Waals surface area contributed by atoms with Gasteiger partial charge in [0.05, 0.1) is 19.8 Å². The number of amides is 1. The summed E-state index contributed by atoms with van der Waals surface area (Å²) >= 11 is 0. The molecule has 8 nitrogen and oxygen atoms in total. The molecule has 3 N–H and O–H groups in total. The predicted octanol–water partition coefficient (Wildman–Crippen LogP) is 1.28. The molecule has 2 aliphatic heterocycles. The van der Waals surface area contributed by atoms with E-state index in [-0.39, 0.29) is 18.8 Å². The van der Waals surface area contributed by atoms with Gasteiger partial charge in [0.2, 0.25) is 0 Å². The van der Waals surface area contributed by atoms with E-state index in [9.17, 15) is 14.7 Å². The summed E-state index contributed by atoms with van der Waals surface area (Å²) in [6.07, 6.45) is 1.76. The molecule has 1 fully saturated rings. The lowest BCUT2D eigenvalue weighted by Crippen LogP contribution is -2.50. The number of fused-ring (bicyclic) bond motifs is 1. The maximum absolute atomic E-state index is 11.3.